The lowest BCUT2D eigenvalue weighted by atomic mass is 9.43. The van der Waals surface area contributed by atoms with E-state index in [4.69, 9.17) is 9.47 Å². The van der Waals surface area contributed by atoms with Crippen LogP contribution in [-0.2, 0) is 21.0 Å². The summed E-state index contributed by atoms with van der Waals surface area (Å²) in [5.74, 6) is 10.7. The predicted octanol–water partition coefficient (Wildman–Crippen LogP) is 9.89. The summed E-state index contributed by atoms with van der Waals surface area (Å²) in [7, 11) is 0. The van der Waals surface area contributed by atoms with Crippen molar-refractivity contribution in [2.45, 2.75) is 158 Å². The molecule has 0 spiro atoms. The standard InChI is InChI=1S/C42H58O2/c1-24(2)39(37-23-43-37)44-36-13-34(40-14-25-3-26(15-40)5-27(4-25)16-40)12-35(41-17-28-6-29(18-41)8-30(7-28)19-41)38(36)42-20-31-9-32(21-42)11-33(10-31)22-42/h12-13,24-33,37,39H,3-11,14-23H2,1-2H3. The van der Waals surface area contributed by atoms with Crippen LogP contribution < -0.4 is 4.74 Å². The quantitative estimate of drug-likeness (QED) is 0.293. The molecule has 2 atom stereocenters. The molecule has 1 saturated heterocycles. The first-order valence-corrected chi connectivity index (χ1v) is 19.8. The Bertz CT molecular complexity index is 1240. The van der Waals surface area contributed by atoms with Crippen LogP contribution in [0.5, 0.6) is 5.75 Å². The molecule has 0 amide bonds. The van der Waals surface area contributed by atoms with Crippen LogP contribution in [0.3, 0.4) is 0 Å². The molecule has 44 heavy (non-hydrogen) atoms. The highest BCUT2D eigenvalue weighted by Crippen LogP contribution is 2.68. The largest absolute Gasteiger partial charge is 0.487 e. The summed E-state index contributed by atoms with van der Waals surface area (Å²) in [6, 6.07) is 5.74. The minimum absolute atomic E-state index is 0.193. The summed E-state index contributed by atoms with van der Waals surface area (Å²) < 4.78 is 13.6. The number of rotatable bonds is 7. The average Bonchev–Trinajstić information content (AvgIpc) is 3.78. The molecule has 12 saturated carbocycles. The van der Waals surface area contributed by atoms with Gasteiger partial charge in [-0.2, -0.15) is 0 Å². The summed E-state index contributed by atoms with van der Waals surface area (Å²) in [6.07, 6.45) is 27.5. The molecule has 1 aromatic rings. The fraction of sp³-hybridized carbons (Fsp3) is 0.857. The van der Waals surface area contributed by atoms with Gasteiger partial charge in [0.25, 0.3) is 0 Å². The monoisotopic (exact) mass is 594 g/mol. The summed E-state index contributed by atoms with van der Waals surface area (Å²) in [5.41, 5.74) is 6.67. The maximum absolute atomic E-state index is 7.60. The van der Waals surface area contributed by atoms with Crippen molar-refractivity contribution >= 4 is 0 Å². The summed E-state index contributed by atoms with van der Waals surface area (Å²) in [5, 5.41) is 0. The Morgan fingerprint density at radius 2 is 0.955 bits per heavy atom. The Morgan fingerprint density at radius 1 is 0.568 bits per heavy atom. The molecule has 2 heteroatoms. The molecular formula is C42H58O2. The Labute approximate surface area is 267 Å². The van der Waals surface area contributed by atoms with Crippen molar-refractivity contribution in [3.05, 3.63) is 28.8 Å². The van der Waals surface area contributed by atoms with E-state index in [0.717, 1.165) is 59.9 Å². The van der Waals surface area contributed by atoms with Gasteiger partial charge in [0.2, 0.25) is 0 Å². The summed E-state index contributed by atoms with van der Waals surface area (Å²) >= 11 is 0. The van der Waals surface area contributed by atoms with Crippen molar-refractivity contribution in [3.63, 3.8) is 0 Å². The maximum Gasteiger partial charge on any atom is 0.129 e. The van der Waals surface area contributed by atoms with Crippen LogP contribution in [0.4, 0.5) is 0 Å². The van der Waals surface area contributed by atoms with Crippen LogP contribution >= 0.6 is 0 Å². The third kappa shape index (κ3) is 3.94. The minimum atomic E-state index is 0.193. The van der Waals surface area contributed by atoms with E-state index < -0.39 is 0 Å². The Kier molecular flexibility index (Phi) is 5.59. The van der Waals surface area contributed by atoms with Gasteiger partial charge in [0, 0.05) is 11.0 Å². The normalized spacial score (nSPS) is 52.7. The molecule has 2 unspecified atom stereocenters. The van der Waals surface area contributed by atoms with E-state index in [-0.39, 0.29) is 6.10 Å². The van der Waals surface area contributed by atoms with Gasteiger partial charge in [-0.3, -0.25) is 0 Å². The third-order valence-corrected chi connectivity index (χ3v) is 16.6. The first kappa shape index (κ1) is 27.0. The molecular weight excluding hydrogens is 536 g/mol. The van der Waals surface area contributed by atoms with Gasteiger partial charge in [0.1, 0.15) is 18.0 Å². The zero-order valence-electron chi connectivity index (χ0n) is 27.8. The Hall–Kier alpha value is -1.02. The Balaban J connectivity index is 1.14. The molecule has 12 bridgehead atoms. The molecule has 1 aromatic carbocycles. The zero-order valence-corrected chi connectivity index (χ0v) is 27.8. The molecule has 14 rings (SSSR count). The van der Waals surface area contributed by atoms with Crippen molar-refractivity contribution < 1.29 is 9.47 Å². The molecule has 13 aliphatic rings. The van der Waals surface area contributed by atoms with Gasteiger partial charge in [-0.05, 0) is 203 Å². The molecule has 2 nitrogen and oxygen atoms in total. The van der Waals surface area contributed by atoms with Gasteiger partial charge >= 0.3 is 0 Å². The molecule has 0 N–H and O–H groups in total. The number of ether oxygens (including phenoxy) is 2. The van der Waals surface area contributed by atoms with Crippen molar-refractivity contribution in [2.24, 2.45) is 59.2 Å². The second-order valence-corrected chi connectivity index (χ2v) is 20.2. The highest BCUT2D eigenvalue weighted by molar-refractivity contribution is 5.55. The molecule has 12 aliphatic carbocycles. The predicted molar refractivity (Wildman–Crippen MR) is 175 cm³/mol. The summed E-state index contributed by atoms with van der Waals surface area (Å²) in [4.78, 5) is 0. The fourth-order valence-corrected chi connectivity index (χ4v) is 16.3. The number of benzene rings is 1. The molecule has 0 aromatic heterocycles. The summed E-state index contributed by atoms with van der Waals surface area (Å²) in [6.45, 7) is 5.67. The minimum Gasteiger partial charge on any atom is -0.487 e. The second kappa shape index (κ2) is 9.11. The van der Waals surface area contributed by atoms with E-state index in [1.807, 2.05) is 5.56 Å². The van der Waals surface area contributed by atoms with Crippen LogP contribution in [0.1, 0.15) is 146 Å². The molecule has 1 heterocycles. The van der Waals surface area contributed by atoms with Crippen molar-refractivity contribution in [1.29, 1.82) is 0 Å². The third-order valence-electron chi connectivity index (χ3n) is 16.6. The second-order valence-electron chi connectivity index (χ2n) is 20.2. The Morgan fingerprint density at radius 3 is 1.34 bits per heavy atom. The van der Waals surface area contributed by atoms with E-state index in [1.165, 1.54) is 121 Å². The van der Waals surface area contributed by atoms with Gasteiger partial charge in [-0.1, -0.05) is 19.9 Å². The van der Waals surface area contributed by atoms with Gasteiger partial charge in [0.05, 0.1) is 6.61 Å². The van der Waals surface area contributed by atoms with Gasteiger partial charge in [-0.25, -0.2) is 0 Å². The van der Waals surface area contributed by atoms with E-state index >= 15 is 0 Å². The SMILES string of the molecule is CC(C)C(Oc1cc(C23CC4CC(CC(C4)C2)C3)cc(C23CC4CC(CC(C4)C2)C3)c1C12CC3CC(CC(C3)C1)C2)C1CO1. The van der Waals surface area contributed by atoms with Crippen LogP contribution in [0.25, 0.3) is 0 Å². The van der Waals surface area contributed by atoms with E-state index in [9.17, 15) is 0 Å². The van der Waals surface area contributed by atoms with Crippen LogP contribution in [0, 0.1) is 59.2 Å². The zero-order chi connectivity index (χ0) is 29.0. The number of hydrogen-bond donors (Lipinski definition) is 0. The lowest BCUT2D eigenvalue weighted by Crippen LogP contribution is -2.53. The topological polar surface area (TPSA) is 21.8 Å². The van der Waals surface area contributed by atoms with Crippen LogP contribution in [-0.4, -0.2) is 18.8 Å². The van der Waals surface area contributed by atoms with E-state index in [2.05, 4.69) is 26.0 Å². The van der Waals surface area contributed by atoms with Crippen LogP contribution in [0.2, 0.25) is 0 Å². The maximum atomic E-state index is 7.60. The van der Waals surface area contributed by atoms with Crippen molar-refractivity contribution in [3.8, 4) is 5.75 Å². The number of epoxide rings is 1. The van der Waals surface area contributed by atoms with E-state index in [1.54, 1.807) is 11.1 Å². The highest BCUT2D eigenvalue weighted by Gasteiger charge is 2.59. The van der Waals surface area contributed by atoms with Crippen LogP contribution in [0.15, 0.2) is 12.1 Å². The molecule has 238 valence electrons. The first-order chi connectivity index (χ1) is 21.3. The van der Waals surface area contributed by atoms with Gasteiger partial charge in [-0.15, -0.1) is 0 Å². The van der Waals surface area contributed by atoms with Crippen molar-refractivity contribution in [1.82, 2.24) is 0 Å². The lowest BCUT2D eigenvalue weighted by molar-refractivity contribution is -0.0204. The molecule has 1 aliphatic heterocycles. The fourth-order valence-electron chi connectivity index (χ4n) is 16.3. The lowest BCUT2D eigenvalue weighted by Gasteiger charge is -2.61. The average molecular weight is 595 g/mol. The smallest absolute Gasteiger partial charge is 0.129 e. The highest BCUT2D eigenvalue weighted by atomic mass is 16.6. The van der Waals surface area contributed by atoms with Gasteiger partial charge < -0.3 is 9.47 Å². The first-order valence-electron chi connectivity index (χ1n) is 19.8. The van der Waals surface area contributed by atoms with E-state index in [0.29, 0.717) is 28.3 Å². The molecule has 0 radical (unpaired) electrons. The molecule has 13 fully saturated rings. The number of hydrogen-bond acceptors (Lipinski definition) is 2. The van der Waals surface area contributed by atoms with Crippen molar-refractivity contribution in [2.75, 3.05) is 6.61 Å². The van der Waals surface area contributed by atoms with Gasteiger partial charge in [0.15, 0.2) is 0 Å².